The van der Waals surface area contributed by atoms with Gasteiger partial charge in [-0.3, -0.25) is 0 Å². The van der Waals surface area contributed by atoms with Gasteiger partial charge in [-0.05, 0) is 104 Å². The second-order valence-electron chi connectivity index (χ2n) is 8.01. The Labute approximate surface area is 177 Å². The van der Waals surface area contributed by atoms with Crippen LogP contribution in [0.1, 0.15) is 65.6 Å². The minimum atomic E-state index is 1.01. The van der Waals surface area contributed by atoms with Crippen LogP contribution < -0.4 is 0 Å². The maximum Gasteiger partial charge on any atom is 0.00698 e. The summed E-state index contributed by atoms with van der Waals surface area (Å²) in [6, 6.07) is 11.4. The highest BCUT2D eigenvalue weighted by Gasteiger charge is 2.10. The third-order valence-corrected chi connectivity index (χ3v) is 6.31. The van der Waals surface area contributed by atoms with Crippen molar-refractivity contribution in [2.75, 3.05) is 6.26 Å². The Bertz CT molecular complexity index is 842. The standard InChI is InChI=1S/C14H20.C13H16S/c1-6-13-8-12(5)14(7-10(2)3)9-11(13)4;1-10(14-2)12-8-7-11-5-3-4-6-13(11)9-12/h8-9H,2,6-7H2,1,3-5H3;7-9H,1,3-6H2,2H3. The zero-order valence-electron chi connectivity index (χ0n) is 18.5. The molecule has 0 aromatic heterocycles. The Kier molecular flexibility index (Phi) is 8.63. The molecule has 0 unspecified atom stereocenters. The van der Waals surface area contributed by atoms with Crippen LogP contribution in [0.15, 0.2) is 49.1 Å². The number of hydrogen-bond acceptors (Lipinski definition) is 1. The molecule has 3 rings (SSSR count). The number of allylic oxidation sites excluding steroid dienone is 1. The largest absolute Gasteiger partial charge is 0.130 e. The summed E-state index contributed by atoms with van der Waals surface area (Å²) < 4.78 is 0. The molecule has 0 saturated heterocycles. The van der Waals surface area contributed by atoms with Crippen molar-refractivity contribution in [3.8, 4) is 0 Å². The van der Waals surface area contributed by atoms with Crippen molar-refractivity contribution in [3.05, 3.63) is 88.0 Å². The molecule has 1 heteroatoms. The number of rotatable bonds is 5. The molecule has 0 amide bonds. The Balaban J connectivity index is 0.000000200. The predicted octanol–water partition coefficient (Wildman–Crippen LogP) is 7.88. The summed E-state index contributed by atoms with van der Waals surface area (Å²) in [5, 5.41) is 0. The van der Waals surface area contributed by atoms with Gasteiger partial charge in [0.05, 0.1) is 0 Å². The molecule has 0 radical (unpaired) electrons. The Morgan fingerprint density at radius 2 is 1.54 bits per heavy atom. The fourth-order valence-corrected chi connectivity index (χ4v) is 4.22. The number of hydrogen-bond donors (Lipinski definition) is 0. The van der Waals surface area contributed by atoms with E-state index >= 15 is 0 Å². The smallest absolute Gasteiger partial charge is 0.00698 e. The Morgan fingerprint density at radius 3 is 2.14 bits per heavy atom. The van der Waals surface area contributed by atoms with Crippen LogP contribution in [0, 0.1) is 13.8 Å². The van der Waals surface area contributed by atoms with E-state index in [2.05, 4.69) is 77.4 Å². The highest BCUT2D eigenvalue weighted by atomic mass is 32.2. The lowest BCUT2D eigenvalue weighted by Gasteiger charge is -2.16. The molecular formula is C27H36S. The average molecular weight is 393 g/mol. The van der Waals surface area contributed by atoms with Gasteiger partial charge in [0.15, 0.2) is 0 Å². The van der Waals surface area contributed by atoms with Crippen LogP contribution in [0.2, 0.25) is 0 Å². The molecule has 0 heterocycles. The summed E-state index contributed by atoms with van der Waals surface area (Å²) in [6.07, 6.45) is 9.45. The Morgan fingerprint density at radius 1 is 0.929 bits per heavy atom. The maximum atomic E-state index is 4.06. The van der Waals surface area contributed by atoms with Crippen LogP contribution >= 0.6 is 11.8 Å². The van der Waals surface area contributed by atoms with E-state index in [-0.39, 0.29) is 0 Å². The van der Waals surface area contributed by atoms with E-state index in [0.29, 0.717) is 0 Å². The van der Waals surface area contributed by atoms with Crippen molar-refractivity contribution in [1.82, 2.24) is 0 Å². The van der Waals surface area contributed by atoms with Crippen molar-refractivity contribution in [1.29, 1.82) is 0 Å². The molecule has 0 nitrogen and oxygen atoms in total. The molecule has 0 aliphatic heterocycles. The molecule has 1 aliphatic rings. The average Bonchev–Trinajstić information content (AvgIpc) is 2.69. The number of fused-ring (bicyclic) bond motifs is 1. The highest BCUT2D eigenvalue weighted by Crippen LogP contribution is 2.28. The summed E-state index contributed by atoms with van der Waals surface area (Å²) >= 11 is 1.73. The highest BCUT2D eigenvalue weighted by molar-refractivity contribution is 8.07. The van der Waals surface area contributed by atoms with Crippen LogP contribution in [0.4, 0.5) is 0 Å². The van der Waals surface area contributed by atoms with Crippen LogP contribution in [0.25, 0.3) is 4.91 Å². The van der Waals surface area contributed by atoms with Gasteiger partial charge in [0.1, 0.15) is 0 Å². The molecule has 1 aliphatic carbocycles. The number of benzene rings is 2. The first kappa shape index (κ1) is 22.6. The van der Waals surface area contributed by atoms with E-state index < -0.39 is 0 Å². The molecule has 0 atom stereocenters. The maximum absolute atomic E-state index is 4.06. The quantitative estimate of drug-likeness (QED) is 0.466. The van der Waals surface area contributed by atoms with Crippen LogP contribution in [0.3, 0.4) is 0 Å². The van der Waals surface area contributed by atoms with Crippen molar-refractivity contribution in [2.24, 2.45) is 0 Å². The molecule has 2 aromatic rings. The fraction of sp³-hybridized carbons (Fsp3) is 0.407. The SMILES string of the molecule is C=C(C)Cc1cc(C)c(CC)cc1C.C=C(SC)c1ccc2c(c1)CCCC2. The van der Waals surface area contributed by atoms with E-state index in [1.807, 2.05) is 0 Å². The van der Waals surface area contributed by atoms with E-state index in [1.165, 1.54) is 64.0 Å². The summed E-state index contributed by atoms with van der Waals surface area (Å²) in [6.45, 7) is 16.7. The van der Waals surface area contributed by atoms with Crippen molar-refractivity contribution < 1.29 is 0 Å². The third kappa shape index (κ3) is 6.14. The molecular weight excluding hydrogens is 356 g/mol. The van der Waals surface area contributed by atoms with E-state index in [0.717, 1.165) is 12.8 Å². The second-order valence-corrected chi connectivity index (χ2v) is 8.91. The molecule has 150 valence electrons. The number of thioether (sulfide) groups is 1. The number of aryl methyl sites for hydroxylation is 5. The molecule has 0 bridgehead atoms. The first-order valence-electron chi connectivity index (χ1n) is 10.4. The van der Waals surface area contributed by atoms with Crippen LogP contribution in [0.5, 0.6) is 0 Å². The monoisotopic (exact) mass is 392 g/mol. The molecule has 28 heavy (non-hydrogen) atoms. The fourth-order valence-electron chi connectivity index (χ4n) is 3.86. The minimum absolute atomic E-state index is 1.01. The van der Waals surface area contributed by atoms with Gasteiger partial charge in [-0.2, -0.15) is 0 Å². The first-order chi connectivity index (χ1) is 13.3. The molecule has 0 saturated carbocycles. The van der Waals surface area contributed by atoms with Gasteiger partial charge in [0.2, 0.25) is 0 Å². The van der Waals surface area contributed by atoms with Crippen molar-refractivity contribution in [2.45, 2.75) is 66.2 Å². The first-order valence-corrected chi connectivity index (χ1v) is 11.7. The van der Waals surface area contributed by atoms with Gasteiger partial charge in [0, 0.05) is 4.91 Å². The summed E-state index contributed by atoms with van der Waals surface area (Å²) in [4.78, 5) is 1.18. The van der Waals surface area contributed by atoms with E-state index in [1.54, 1.807) is 22.9 Å². The van der Waals surface area contributed by atoms with Gasteiger partial charge in [-0.15, -0.1) is 11.8 Å². The second kappa shape index (κ2) is 10.7. The normalized spacial score (nSPS) is 12.6. The lowest BCUT2D eigenvalue weighted by Crippen LogP contribution is -2.02. The van der Waals surface area contributed by atoms with E-state index in [4.69, 9.17) is 0 Å². The van der Waals surface area contributed by atoms with Gasteiger partial charge >= 0.3 is 0 Å². The molecule has 2 aromatic carbocycles. The van der Waals surface area contributed by atoms with Gasteiger partial charge < -0.3 is 0 Å². The van der Waals surface area contributed by atoms with Crippen LogP contribution in [-0.2, 0) is 25.7 Å². The predicted molar refractivity (Wildman–Crippen MR) is 129 cm³/mol. The molecule has 0 fully saturated rings. The topological polar surface area (TPSA) is 0 Å². The van der Waals surface area contributed by atoms with Crippen LogP contribution in [-0.4, -0.2) is 6.26 Å². The van der Waals surface area contributed by atoms with Gasteiger partial charge in [0.25, 0.3) is 0 Å². The summed E-state index contributed by atoms with van der Waals surface area (Å²) in [5.74, 6) is 0. The zero-order chi connectivity index (χ0) is 20.7. The summed E-state index contributed by atoms with van der Waals surface area (Å²) in [5.41, 5.74) is 11.3. The zero-order valence-corrected chi connectivity index (χ0v) is 19.3. The Hall–Kier alpha value is -1.73. The lowest BCUT2D eigenvalue weighted by molar-refractivity contribution is 0.685. The van der Waals surface area contributed by atoms with Gasteiger partial charge in [-0.25, -0.2) is 0 Å². The van der Waals surface area contributed by atoms with E-state index in [9.17, 15) is 0 Å². The van der Waals surface area contributed by atoms with Crippen molar-refractivity contribution in [3.63, 3.8) is 0 Å². The third-order valence-electron chi connectivity index (χ3n) is 5.58. The van der Waals surface area contributed by atoms with Gasteiger partial charge in [-0.1, -0.05) is 56.0 Å². The molecule has 0 spiro atoms. The molecule has 0 N–H and O–H groups in total. The summed E-state index contributed by atoms with van der Waals surface area (Å²) in [7, 11) is 0. The lowest BCUT2D eigenvalue weighted by atomic mass is 9.90. The van der Waals surface area contributed by atoms with Crippen molar-refractivity contribution >= 4 is 16.7 Å². The minimum Gasteiger partial charge on any atom is -0.130 e.